The molecular weight excluding hydrogens is 308 g/mol. The lowest BCUT2D eigenvalue weighted by Gasteiger charge is -2.44. The van der Waals surface area contributed by atoms with Gasteiger partial charge >= 0.3 is 0 Å². The molecule has 24 heavy (non-hydrogen) atoms. The van der Waals surface area contributed by atoms with Gasteiger partial charge in [0.1, 0.15) is 6.29 Å². The van der Waals surface area contributed by atoms with Crippen molar-refractivity contribution in [2.75, 3.05) is 13.7 Å². The lowest BCUT2D eigenvalue weighted by molar-refractivity contribution is -0.302. The number of hydrogen-bond donors (Lipinski definition) is 0. The third-order valence-electron chi connectivity index (χ3n) is 5.09. The Balaban J connectivity index is 1.52. The molecule has 0 radical (unpaired) electrons. The predicted octanol–water partition coefficient (Wildman–Crippen LogP) is 2.72. The minimum atomic E-state index is -0.813. The normalized spacial score (nSPS) is 35.6. The molecule has 2 aliphatic rings. The Morgan fingerprint density at radius 3 is 2.75 bits per heavy atom. The zero-order chi connectivity index (χ0) is 17.0. The first-order valence-corrected chi connectivity index (χ1v) is 8.60. The maximum atomic E-state index is 11.0. The molecule has 3 rings (SSSR count). The van der Waals surface area contributed by atoms with Crippen LogP contribution >= 0.6 is 0 Å². The van der Waals surface area contributed by atoms with E-state index in [1.54, 1.807) is 7.11 Å². The summed E-state index contributed by atoms with van der Waals surface area (Å²) < 4.78 is 23.6. The minimum absolute atomic E-state index is 0.0276. The number of hydrogen-bond acceptors (Lipinski definition) is 5. The molecule has 5 atom stereocenters. The molecule has 5 heteroatoms. The summed E-state index contributed by atoms with van der Waals surface area (Å²) in [6, 6.07) is 10.1. The van der Waals surface area contributed by atoms with Crippen molar-refractivity contribution in [2.45, 2.75) is 56.9 Å². The Morgan fingerprint density at radius 2 is 2.04 bits per heavy atom. The van der Waals surface area contributed by atoms with Gasteiger partial charge in [-0.1, -0.05) is 37.3 Å². The van der Waals surface area contributed by atoms with Crippen molar-refractivity contribution in [3.05, 3.63) is 35.9 Å². The van der Waals surface area contributed by atoms with E-state index in [-0.39, 0.29) is 30.7 Å². The molecule has 0 amide bonds. The standard InChI is InChI=1S/C19H26O5/c1-14-10-17-18(24-19(14,21-2)8-9-20)11-16(23-17)13-22-12-15-6-4-3-5-7-15/h3-7,9,14,16-18H,8,10-13H2,1-2H3/t14-,16+,17-,18-,19?/m1/s1. The van der Waals surface area contributed by atoms with Crippen LogP contribution in [0.3, 0.4) is 0 Å². The number of methoxy groups -OCH3 is 1. The van der Waals surface area contributed by atoms with Gasteiger partial charge in [-0.2, -0.15) is 0 Å². The summed E-state index contributed by atoms with van der Waals surface area (Å²) in [6.45, 7) is 3.18. The molecule has 0 bridgehead atoms. The van der Waals surface area contributed by atoms with Crippen LogP contribution in [0.25, 0.3) is 0 Å². The lowest BCUT2D eigenvalue weighted by Crippen LogP contribution is -2.52. The molecule has 0 N–H and O–H groups in total. The highest BCUT2D eigenvalue weighted by Gasteiger charge is 2.51. The maximum Gasteiger partial charge on any atom is 0.177 e. The summed E-state index contributed by atoms with van der Waals surface area (Å²) in [6.07, 6.45) is 2.78. The van der Waals surface area contributed by atoms with Gasteiger partial charge in [0, 0.05) is 19.4 Å². The molecule has 1 aromatic carbocycles. The molecular formula is C19H26O5. The van der Waals surface area contributed by atoms with E-state index in [1.807, 2.05) is 37.3 Å². The van der Waals surface area contributed by atoms with E-state index in [9.17, 15) is 4.79 Å². The quantitative estimate of drug-likeness (QED) is 0.718. The first kappa shape index (κ1) is 17.5. The summed E-state index contributed by atoms with van der Waals surface area (Å²) in [7, 11) is 1.61. The van der Waals surface area contributed by atoms with E-state index in [2.05, 4.69) is 0 Å². The van der Waals surface area contributed by atoms with Crippen molar-refractivity contribution < 1.29 is 23.7 Å². The fourth-order valence-corrected chi connectivity index (χ4v) is 3.72. The van der Waals surface area contributed by atoms with Gasteiger partial charge < -0.3 is 23.7 Å². The van der Waals surface area contributed by atoms with Crippen molar-refractivity contribution in [3.8, 4) is 0 Å². The molecule has 2 fully saturated rings. The van der Waals surface area contributed by atoms with Crippen LogP contribution in [0.1, 0.15) is 31.7 Å². The molecule has 0 spiro atoms. The Bertz CT molecular complexity index is 534. The van der Waals surface area contributed by atoms with Crippen LogP contribution in [0.15, 0.2) is 30.3 Å². The van der Waals surface area contributed by atoms with Crippen LogP contribution in [-0.2, 0) is 30.3 Å². The van der Waals surface area contributed by atoms with Crippen LogP contribution in [0.4, 0.5) is 0 Å². The first-order chi connectivity index (χ1) is 11.7. The van der Waals surface area contributed by atoms with Crippen molar-refractivity contribution in [1.29, 1.82) is 0 Å². The van der Waals surface area contributed by atoms with E-state index >= 15 is 0 Å². The maximum absolute atomic E-state index is 11.0. The number of ether oxygens (including phenoxy) is 4. The average molecular weight is 334 g/mol. The van der Waals surface area contributed by atoms with Gasteiger partial charge in [0.2, 0.25) is 0 Å². The van der Waals surface area contributed by atoms with E-state index < -0.39 is 5.79 Å². The van der Waals surface area contributed by atoms with E-state index in [0.717, 1.165) is 24.7 Å². The van der Waals surface area contributed by atoms with Crippen molar-refractivity contribution in [1.82, 2.24) is 0 Å². The topological polar surface area (TPSA) is 54.0 Å². The minimum Gasteiger partial charge on any atom is -0.374 e. The summed E-state index contributed by atoms with van der Waals surface area (Å²) in [5.74, 6) is -0.704. The first-order valence-electron chi connectivity index (χ1n) is 8.60. The number of fused-ring (bicyclic) bond motifs is 1. The highest BCUT2D eigenvalue weighted by atomic mass is 16.7. The smallest absolute Gasteiger partial charge is 0.177 e. The van der Waals surface area contributed by atoms with Gasteiger partial charge in [-0.25, -0.2) is 0 Å². The molecule has 1 aromatic rings. The third-order valence-corrected chi connectivity index (χ3v) is 5.09. The van der Waals surface area contributed by atoms with E-state index in [1.165, 1.54) is 0 Å². The zero-order valence-corrected chi connectivity index (χ0v) is 14.4. The van der Waals surface area contributed by atoms with Crippen molar-refractivity contribution in [3.63, 3.8) is 0 Å². The van der Waals surface area contributed by atoms with Crippen LogP contribution in [0.2, 0.25) is 0 Å². The number of rotatable bonds is 7. The second-order valence-electron chi connectivity index (χ2n) is 6.71. The van der Waals surface area contributed by atoms with E-state index in [4.69, 9.17) is 18.9 Å². The fraction of sp³-hybridized carbons (Fsp3) is 0.632. The molecule has 5 nitrogen and oxygen atoms in total. The van der Waals surface area contributed by atoms with Gasteiger partial charge in [0.05, 0.1) is 37.9 Å². The van der Waals surface area contributed by atoms with Gasteiger partial charge in [-0.15, -0.1) is 0 Å². The van der Waals surface area contributed by atoms with Gasteiger partial charge in [0.25, 0.3) is 0 Å². The Kier molecular flexibility index (Phi) is 5.66. The van der Waals surface area contributed by atoms with Crippen LogP contribution < -0.4 is 0 Å². The Morgan fingerprint density at radius 1 is 1.25 bits per heavy atom. The van der Waals surface area contributed by atoms with Crippen LogP contribution in [-0.4, -0.2) is 44.1 Å². The molecule has 2 heterocycles. The second-order valence-corrected chi connectivity index (χ2v) is 6.71. The number of carbonyl (C=O) groups is 1. The summed E-state index contributed by atoms with van der Waals surface area (Å²) >= 11 is 0. The van der Waals surface area contributed by atoms with Gasteiger partial charge in [0.15, 0.2) is 5.79 Å². The summed E-state index contributed by atoms with van der Waals surface area (Å²) in [4.78, 5) is 11.0. The zero-order valence-electron chi connectivity index (χ0n) is 14.4. The van der Waals surface area contributed by atoms with Gasteiger partial charge in [-0.05, 0) is 12.0 Å². The summed E-state index contributed by atoms with van der Waals surface area (Å²) in [5, 5.41) is 0. The van der Waals surface area contributed by atoms with Gasteiger partial charge in [-0.3, -0.25) is 0 Å². The highest BCUT2D eigenvalue weighted by molar-refractivity contribution is 5.51. The molecule has 1 unspecified atom stereocenters. The number of carbonyl (C=O) groups excluding carboxylic acids is 1. The predicted molar refractivity (Wildman–Crippen MR) is 88.5 cm³/mol. The molecule has 0 aliphatic carbocycles. The van der Waals surface area contributed by atoms with Crippen molar-refractivity contribution in [2.24, 2.45) is 5.92 Å². The molecule has 2 saturated heterocycles. The monoisotopic (exact) mass is 334 g/mol. The average Bonchev–Trinajstić information content (AvgIpc) is 2.97. The summed E-state index contributed by atoms with van der Waals surface area (Å²) in [5.41, 5.74) is 1.15. The molecule has 2 aliphatic heterocycles. The van der Waals surface area contributed by atoms with Crippen LogP contribution in [0, 0.1) is 5.92 Å². The van der Waals surface area contributed by atoms with Crippen LogP contribution in [0.5, 0.6) is 0 Å². The molecule has 0 saturated carbocycles. The SMILES string of the molecule is COC1(CC=O)O[C@@H]2C[C@@H](COCc3ccccc3)O[C@@H]2C[C@H]1C. The third kappa shape index (κ3) is 3.70. The molecule has 0 aromatic heterocycles. The number of benzene rings is 1. The molecule has 132 valence electrons. The fourth-order valence-electron chi connectivity index (χ4n) is 3.72. The van der Waals surface area contributed by atoms with E-state index in [0.29, 0.717) is 13.2 Å². The lowest BCUT2D eigenvalue weighted by atomic mass is 9.86. The Hall–Kier alpha value is -1.27. The van der Waals surface area contributed by atoms with Crippen molar-refractivity contribution >= 4 is 6.29 Å². The number of aldehydes is 1. The second kappa shape index (κ2) is 7.74. The Labute approximate surface area is 143 Å². The largest absolute Gasteiger partial charge is 0.374 e. The highest BCUT2D eigenvalue weighted by Crippen LogP contribution is 2.42.